The Morgan fingerprint density at radius 1 is 1.25 bits per heavy atom. The van der Waals surface area contributed by atoms with Crippen LogP contribution in [0.15, 0.2) is 30.5 Å². The van der Waals surface area contributed by atoms with Gasteiger partial charge in [0.15, 0.2) is 0 Å². The van der Waals surface area contributed by atoms with Crippen LogP contribution >= 0.6 is 0 Å². The molecule has 0 bridgehead atoms. The Labute approximate surface area is 137 Å². The molecule has 2 heterocycles. The number of rotatable bonds is 2. The number of fused-ring (bicyclic) bond motifs is 1. The second kappa shape index (κ2) is 6.30. The molecule has 7 heteroatoms. The van der Waals surface area contributed by atoms with Crippen LogP contribution in [0.4, 0.5) is 18.9 Å². The second-order valence-electron chi connectivity index (χ2n) is 5.85. The molecule has 1 fully saturated rings. The maximum Gasteiger partial charge on any atom is 0.391 e. The van der Waals surface area contributed by atoms with Gasteiger partial charge in [0.2, 0.25) is 0 Å². The fraction of sp³-hybridized carbons (Fsp3) is 0.412. The molecule has 0 N–H and O–H groups in total. The first-order valence-electron chi connectivity index (χ1n) is 7.69. The van der Waals surface area contributed by atoms with E-state index in [1.54, 1.807) is 18.2 Å². The lowest BCUT2D eigenvalue weighted by Crippen LogP contribution is -2.39. The number of methoxy groups -OCH3 is 1. The highest BCUT2D eigenvalue weighted by Gasteiger charge is 2.41. The molecule has 3 rings (SSSR count). The standard InChI is InChI=1S/C17H17F3N2O2/c1-24-16(23)13-4-7-21-15-3-2-12(10-14(13)15)22-8-5-11(6-9-22)17(18,19)20/h2-4,7,10-11H,5-6,8-9H2,1H3. The molecule has 0 saturated carbocycles. The molecule has 128 valence electrons. The number of carbonyl (C=O) groups excluding carboxylic acids is 1. The number of carbonyl (C=O) groups is 1. The van der Waals surface area contributed by atoms with Crippen molar-refractivity contribution in [2.45, 2.75) is 19.0 Å². The lowest BCUT2D eigenvalue weighted by atomic mass is 9.95. The van der Waals surface area contributed by atoms with Gasteiger partial charge in [-0.25, -0.2) is 4.79 Å². The maximum absolute atomic E-state index is 12.8. The van der Waals surface area contributed by atoms with Gasteiger partial charge in [-0.1, -0.05) is 0 Å². The third-order valence-corrected chi connectivity index (χ3v) is 4.45. The summed E-state index contributed by atoms with van der Waals surface area (Å²) in [5.74, 6) is -1.70. The number of anilines is 1. The molecular formula is C17H17F3N2O2. The van der Waals surface area contributed by atoms with Crippen molar-refractivity contribution in [2.24, 2.45) is 5.92 Å². The first-order valence-corrected chi connectivity index (χ1v) is 7.69. The summed E-state index contributed by atoms with van der Waals surface area (Å²) < 4.78 is 43.1. The smallest absolute Gasteiger partial charge is 0.391 e. The zero-order valence-corrected chi connectivity index (χ0v) is 13.1. The molecule has 1 aromatic carbocycles. The summed E-state index contributed by atoms with van der Waals surface area (Å²) in [6.45, 7) is 0.674. The van der Waals surface area contributed by atoms with Crippen LogP contribution in [0.1, 0.15) is 23.2 Å². The van der Waals surface area contributed by atoms with Crippen LogP contribution < -0.4 is 4.90 Å². The minimum atomic E-state index is -4.13. The van der Waals surface area contributed by atoms with Gasteiger partial charge in [-0.3, -0.25) is 4.98 Å². The zero-order valence-electron chi connectivity index (χ0n) is 13.1. The fourth-order valence-corrected chi connectivity index (χ4v) is 3.08. The van der Waals surface area contributed by atoms with Crippen LogP contribution in [-0.4, -0.2) is 37.3 Å². The molecule has 24 heavy (non-hydrogen) atoms. The lowest BCUT2D eigenvalue weighted by Gasteiger charge is -2.34. The number of hydrogen-bond donors (Lipinski definition) is 0. The maximum atomic E-state index is 12.8. The molecule has 1 aromatic heterocycles. The van der Waals surface area contributed by atoms with Crippen molar-refractivity contribution in [3.63, 3.8) is 0 Å². The van der Waals surface area contributed by atoms with Gasteiger partial charge in [-0.15, -0.1) is 0 Å². The van der Waals surface area contributed by atoms with E-state index in [1.165, 1.54) is 13.3 Å². The summed E-state index contributed by atoms with van der Waals surface area (Å²) in [5, 5.41) is 0.639. The summed E-state index contributed by atoms with van der Waals surface area (Å²) in [6.07, 6.45) is -2.43. The van der Waals surface area contributed by atoms with Crippen LogP contribution in [0.2, 0.25) is 0 Å². The first-order chi connectivity index (χ1) is 11.4. The van der Waals surface area contributed by atoms with Crippen LogP contribution in [0.25, 0.3) is 10.9 Å². The number of esters is 1. The van der Waals surface area contributed by atoms with E-state index < -0.39 is 18.1 Å². The van der Waals surface area contributed by atoms with Gasteiger partial charge in [-0.2, -0.15) is 13.2 Å². The summed E-state index contributed by atoms with van der Waals surface area (Å²) in [5.41, 5.74) is 1.84. The minimum Gasteiger partial charge on any atom is -0.465 e. The van der Waals surface area contributed by atoms with Crippen LogP contribution in [0.3, 0.4) is 0 Å². The number of ether oxygens (including phenoxy) is 1. The molecule has 1 aliphatic heterocycles. The molecule has 1 aliphatic rings. The molecule has 1 saturated heterocycles. The highest BCUT2D eigenvalue weighted by molar-refractivity contribution is 6.04. The third kappa shape index (κ3) is 3.16. The van der Waals surface area contributed by atoms with E-state index in [0.717, 1.165) is 5.69 Å². The van der Waals surface area contributed by atoms with Gasteiger partial charge in [0.1, 0.15) is 0 Å². The SMILES string of the molecule is COC(=O)c1ccnc2ccc(N3CCC(C(F)(F)F)CC3)cc12. The van der Waals surface area contributed by atoms with Crippen molar-refractivity contribution < 1.29 is 22.7 Å². The van der Waals surface area contributed by atoms with E-state index in [9.17, 15) is 18.0 Å². The molecule has 4 nitrogen and oxygen atoms in total. The number of alkyl halides is 3. The predicted molar refractivity (Wildman–Crippen MR) is 84.1 cm³/mol. The summed E-state index contributed by atoms with van der Waals surface area (Å²) in [4.78, 5) is 18.0. The molecule has 0 spiro atoms. The Bertz CT molecular complexity index is 753. The van der Waals surface area contributed by atoms with Gasteiger partial charge in [0.05, 0.1) is 24.1 Å². The topological polar surface area (TPSA) is 42.4 Å². The van der Waals surface area contributed by atoms with E-state index in [4.69, 9.17) is 4.74 Å². The molecule has 0 aliphatic carbocycles. The van der Waals surface area contributed by atoms with Crippen molar-refractivity contribution in [3.8, 4) is 0 Å². The third-order valence-electron chi connectivity index (χ3n) is 4.45. The first kappa shape index (κ1) is 16.5. The van der Waals surface area contributed by atoms with Gasteiger partial charge >= 0.3 is 12.1 Å². The van der Waals surface area contributed by atoms with Crippen molar-refractivity contribution in [2.75, 3.05) is 25.1 Å². The van der Waals surface area contributed by atoms with E-state index in [2.05, 4.69) is 4.98 Å². The number of nitrogens with zero attached hydrogens (tertiary/aromatic N) is 2. The predicted octanol–water partition coefficient (Wildman–Crippen LogP) is 3.80. The van der Waals surface area contributed by atoms with Crippen LogP contribution in [0.5, 0.6) is 0 Å². The number of piperidine rings is 1. The zero-order chi connectivity index (χ0) is 17.3. The van der Waals surface area contributed by atoms with E-state index >= 15 is 0 Å². The monoisotopic (exact) mass is 338 g/mol. The number of hydrogen-bond acceptors (Lipinski definition) is 4. The second-order valence-corrected chi connectivity index (χ2v) is 5.85. The highest BCUT2D eigenvalue weighted by Crippen LogP contribution is 2.36. The molecule has 0 radical (unpaired) electrons. The van der Waals surface area contributed by atoms with Crippen molar-refractivity contribution >= 4 is 22.6 Å². The lowest BCUT2D eigenvalue weighted by molar-refractivity contribution is -0.179. The Hall–Kier alpha value is -2.31. The van der Waals surface area contributed by atoms with Crippen LogP contribution in [0, 0.1) is 5.92 Å². The highest BCUT2D eigenvalue weighted by atomic mass is 19.4. The number of aromatic nitrogens is 1. The summed E-state index contributed by atoms with van der Waals surface area (Å²) in [7, 11) is 1.31. The minimum absolute atomic E-state index is 0.0818. The Balaban J connectivity index is 1.88. The van der Waals surface area contributed by atoms with E-state index in [1.807, 2.05) is 11.0 Å². The summed E-state index contributed by atoms with van der Waals surface area (Å²) in [6, 6.07) is 6.97. The average molecular weight is 338 g/mol. The molecule has 0 unspecified atom stereocenters. The molecule has 0 atom stereocenters. The van der Waals surface area contributed by atoms with Gasteiger partial charge in [0.25, 0.3) is 0 Å². The quantitative estimate of drug-likeness (QED) is 0.781. The van der Waals surface area contributed by atoms with Crippen molar-refractivity contribution in [3.05, 3.63) is 36.0 Å². The van der Waals surface area contributed by atoms with E-state index in [-0.39, 0.29) is 12.8 Å². The van der Waals surface area contributed by atoms with E-state index in [0.29, 0.717) is 29.6 Å². The van der Waals surface area contributed by atoms with Crippen molar-refractivity contribution in [1.82, 2.24) is 4.98 Å². The Morgan fingerprint density at radius 3 is 2.58 bits per heavy atom. The Kier molecular flexibility index (Phi) is 4.34. The van der Waals surface area contributed by atoms with Gasteiger partial charge in [0, 0.05) is 30.4 Å². The number of benzene rings is 1. The number of halogens is 3. The fourth-order valence-electron chi connectivity index (χ4n) is 3.08. The van der Waals surface area contributed by atoms with Crippen LogP contribution in [-0.2, 0) is 4.74 Å². The average Bonchev–Trinajstić information content (AvgIpc) is 2.59. The Morgan fingerprint density at radius 2 is 1.96 bits per heavy atom. The summed E-state index contributed by atoms with van der Waals surface area (Å²) >= 11 is 0. The normalized spacial score (nSPS) is 16.4. The molecule has 0 amide bonds. The number of pyridine rings is 1. The molecule has 2 aromatic rings. The van der Waals surface area contributed by atoms with Crippen molar-refractivity contribution in [1.29, 1.82) is 0 Å². The van der Waals surface area contributed by atoms with Gasteiger partial charge in [-0.05, 0) is 37.1 Å². The van der Waals surface area contributed by atoms with Gasteiger partial charge < -0.3 is 9.64 Å². The largest absolute Gasteiger partial charge is 0.465 e. The molecular weight excluding hydrogens is 321 g/mol.